The number of carbonyl (C=O) groups is 2. The van der Waals surface area contributed by atoms with E-state index in [9.17, 15) is 18.0 Å². The summed E-state index contributed by atoms with van der Waals surface area (Å²) in [5.74, 6) is -0.0527. The van der Waals surface area contributed by atoms with Crippen molar-refractivity contribution < 1.29 is 18.0 Å². The van der Waals surface area contributed by atoms with E-state index in [1.165, 1.54) is 6.07 Å². The van der Waals surface area contributed by atoms with Gasteiger partial charge in [0.25, 0.3) is 10.0 Å². The Hall–Kier alpha value is -2.07. The van der Waals surface area contributed by atoms with E-state index in [0.717, 1.165) is 0 Å². The number of nitrogens with one attached hydrogen (secondary N) is 1. The van der Waals surface area contributed by atoms with E-state index in [1.54, 1.807) is 34.9 Å². The lowest BCUT2D eigenvalue weighted by Crippen LogP contribution is -2.47. The van der Waals surface area contributed by atoms with Gasteiger partial charge in [-0.25, -0.2) is 8.42 Å². The summed E-state index contributed by atoms with van der Waals surface area (Å²) in [5.41, 5.74) is 5.89. The smallest absolute Gasteiger partial charge is 0.263 e. The van der Waals surface area contributed by atoms with Crippen LogP contribution in [0.1, 0.15) is 24.8 Å². The Labute approximate surface area is 169 Å². The van der Waals surface area contributed by atoms with Crippen LogP contribution in [0.5, 0.6) is 0 Å². The first kappa shape index (κ1) is 20.7. The molecule has 28 heavy (non-hydrogen) atoms. The average Bonchev–Trinajstić information content (AvgIpc) is 2.95. The second-order valence-electron chi connectivity index (χ2n) is 6.90. The molecule has 8 nitrogen and oxygen atoms in total. The van der Waals surface area contributed by atoms with Crippen LogP contribution in [0.2, 0.25) is 0 Å². The van der Waals surface area contributed by atoms with E-state index in [4.69, 9.17) is 5.73 Å². The van der Waals surface area contributed by atoms with Crippen LogP contribution in [0.25, 0.3) is 0 Å². The maximum absolute atomic E-state index is 13.1. The molecule has 3 N–H and O–H groups in total. The lowest BCUT2D eigenvalue weighted by Gasteiger charge is -2.33. The monoisotopic (exact) mass is 424 g/mol. The number of amides is 2. The number of nitrogens with two attached hydrogens (primary N) is 1. The topological polar surface area (TPSA) is 122 Å². The highest BCUT2D eigenvalue weighted by molar-refractivity contribution is 7.98. The second-order valence-corrected chi connectivity index (χ2v) is 9.54. The molecule has 0 aliphatic carbocycles. The summed E-state index contributed by atoms with van der Waals surface area (Å²) in [5, 5.41) is 0. The number of benzene rings is 1. The van der Waals surface area contributed by atoms with Crippen LogP contribution in [0.3, 0.4) is 0 Å². The molecule has 2 aliphatic rings. The van der Waals surface area contributed by atoms with Gasteiger partial charge >= 0.3 is 0 Å². The van der Waals surface area contributed by atoms with E-state index in [1.807, 2.05) is 6.26 Å². The SMILES string of the molecule is CSCC[C@H](N=C1NS(=O)(=O)c2ccccc21)C(=O)N1CCC[C@@H](C(N)=O)C1. The van der Waals surface area contributed by atoms with E-state index in [0.29, 0.717) is 37.1 Å². The number of nitrogens with zero attached hydrogens (tertiary/aromatic N) is 2. The van der Waals surface area contributed by atoms with Crippen molar-refractivity contribution in [2.24, 2.45) is 16.6 Å². The molecule has 3 rings (SSSR count). The summed E-state index contributed by atoms with van der Waals surface area (Å²) in [4.78, 5) is 30.9. The predicted molar refractivity (Wildman–Crippen MR) is 109 cm³/mol. The standard InChI is InChI=1S/C18H24N4O4S2/c1-27-10-8-14(18(24)22-9-4-5-12(11-22)16(19)23)20-17-13-6-2-3-7-15(13)28(25,26)21-17/h2-3,6-7,12,14H,4-5,8-11H2,1H3,(H2,19,23)(H,20,21)/t12-,14+/m1/s1. The Balaban J connectivity index is 1.88. The van der Waals surface area contributed by atoms with Gasteiger partial charge in [-0.05, 0) is 43.4 Å². The van der Waals surface area contributed by atoms with Crippen LogP contribution >= 0.6 is 11.8 Å². The van der Waals surface area contributed by atoms with Crippen molar-refractivity contribution in [3.05, 3.63) is 29.8 Å². The minimum Gasteiger partial charge on any atom is -0.369 e. The van der Waals surface area contributed by atoms with Crippen molar-refractivity contribution in [3.8, 4) is 0 Å². The fourth-order valence-corrected chi connectivity index (χ4v) is 5.18. The Morgan fingerprint density at radius 3 is 2.86 bits per heavy atom. The molecule has 2 aliphatic heterocycles. The summed E-state index contributed by atoms with van der Waals surface area (Å²) in [6, 6.07) is 5.85. The third-order valence-electron chi connectivity index (χ3n) is 4.96. The van der Waals surface area contributed by atoms with Gasteiger partial charge in [0, 0.05) is 18.7 Å². The minimum atomic E-state index is -3.66. The number of rotatable bonds is 6. The Morgan fingerprint density at radius 1 is 1.39 bits per heavy atom. The zero-order valence-electron chi connectivity index (χ0n) is 15.6. The number of hydrogen-bond acceptors (Lipinski definition) is 6. The fraction of sp³-hybridized carbons (Fsp3) is 0.500. The molecule has 2 atom stereocenters. The maximum Gasteiger partial charge on any atom is 0.263 e. The van der Waals surface area contributed by atoms with Gasteiger partial charge in [-0.2, -0.15) is 11.8 Å². The predicted octanol–water partition coefficient (Wildman–Crippen LogP) is 0.571. The van der Waals surface area contributed by atoms with Gasteiger partial charge in [-0.3, -0.25) is 19.3 Å². The molecule has 0 bridgehead atoms. The number of carbonyl (C=O) groups excluding carboxylic acids is 2. The number of aliphatic imine (C=N–C) groups is 1. The molecule has 0 saturated carbocycles. The molecule has 1 aromatic rings. The fourth-order valence-electron chi connectivity index (χ4n) is 3.48. The summed E-state index contributed by atoms with van der Waals surface area (Å²) >= 11 is 1.59. The van der Waals surface area contributed by atoms with Crippen molar-refractivity contribution in [2.75, 3.05) is 25.1 Å². The number of amidine groups is 1. The van der Waals surface area contributed by atoms with Gasteiger partial charge in [0.1, 0.15) is 11.9 Å². The number of piperidine rings is 1. The summed E-state index contributed by atoms with van der Waals surface area (Å²) in [6.45, 7) is 0.836. The molecule has 1 fully saturated rings. The van der Waals surface area contributed by atoms with Crippen LogP contribution in [-0.2, 0) is 19.6 Å². The van der Waals surface area contributed by atoms with Crippen molar-refractivity contribution in [3.63, 3.8) is 0 Å². The van der Waals surface area contributed by atoms with Crippen LogP contribution in [0.15, 0.2) is 34.2 Å². The Bertz CT molecular complexity index is 901. The highest BCUT2D eigenvalue weighted by Crippen LogP contribution is 2.24. The molecule has 2 heterocycles. The number of fused-ring (bicyclic) bond motifs is 1. The van der Waals surface area contributed by atoms with E-state index >= 15 is 0 Å². The zero-order valence-corrected chi connectivity index (χ0v) is 17.3. The summed E-state index contributed by atoms with van der Waals surface area (Å²) < 4.78 is 27.1. The van der Waals surface area contributed by atoms with Crippen LogP contribution in [0, 0.1) is 5.92 Å². The molecule has 1 saturated heterocycles. The first-order chi connectivity index (χ1) is 13.3. The van der Waals surface area contributed by atoms with Crippen molar-refractivity contribution in [2.45, 2.75) is 30.2 Å². The third kappa shape index (κ3) is 4.33. The molecule has 2 amide bonds. The van der Waals surface area contributed by atoms with Gasteiger partial charge in [-0.15, -0.1) is 0 Å². The van der Waals surface area contributed by atoms with Crippen LogP contribution < -0.4 is 10.5 Å². The summed E-state index contributed by atoms with van der Waals surface area (Å²) in [7, 11) is -3.66. The highest BCUT2D eigenvalue weighted by atomic mass is 32.2. The van der Waals surface area contributed by atoms with Crippen molar-refractivity contribution in [1.82, 2.24) is 9.62 Å². The third-order valence-corrected chi connectivity index (χ3v) is 7.00. The lowest BCUT2D eigenvalue weighted by molar-refractivity contribution is -0.136. The molecule has 0 radical (unpaired) electrons. The van der Waals surface area contributed by atoms with Gasteiger partial charge in [-0.1, -0.05) is 12.1 Å². The van der Waals surface area contributed by atoms with Crippen molar-refractivity contribution >= 4 is 39.4 Å². The van der Waals surface area contributed by atoms with E-state index < -0.39 is 22.0 Å². The quantitative estimate of drug-likeness (QED) is 0.691. The maximum atomic E-state index is 13.1. The van der Waals surface area contributed by atoms with Gasteiger partial charge in [0.05, 0.1) is 10.8 Å². The zero-order chi connectivity index (χ0) is 20.3. The Morgan fingerprint density at radius 2 is 2.14 bits per heavy atom. The number of likely N-dealkylation sites (tertiary alicyclic amines) is 1. The lowest BCUT2D eigenvalue weighted by atomic mass is 9.96. The van der Waals surface area contributed by atoms with Crippen LogP contribution in [0.4, 0.5) is 0 Å². The van der Waals surface area contributed by atoms with Gasteiger partial charge in [0.2, 0.25) is 11.8 Å². The number of hydrogen-bond donors (Lipinski definition) is 2. The molecule has 10 heteroatoms. The molecule has 0 aromatic heterocycles. The second kappa shape index (κ2) is 8.52. The first-order valence-electron chi connectivity index (χ1n) is 9.10. The number of primary amides is 1. The summed E-state index contributed by atoms with van der Waals surface area (Å²) in [6.07, 6.45) is 3.80. The Kier molecular flexibility index (Phi) is 6.29. The number of thioether (sulfide) groups is 1. The van der Waals surface area contributed by atoms with Crippen molar-refractivity contribution in [1.29, 1.82) is 0 Å². The first-order valence-corrected chi connectivity index (χ1v) is 12.0. The van der Waals surface area contributed by atoms with E-state index in [2.05, 4.69) is 9.71 Å². The molecule has 152 valence electrons. The van der Waals surface area contributed by atoms with Gasteiger partial charge in [0.15, 0.2) is 0 Å². The number of sulfonamides is 1. The van der Waals surface area contributed by atoms with Gasteiger partial charge < -0.3 is 10.6 Å². The molecular weight excluding hydrogens is 400 g/mol. The van der Waals surface area contributed by atoms with E-state index in [-0.39, 0.29) is 29.1 Å². The largest absolute Gasteiger partial charge is 0.369 e. The minimum absolute atomic E-state index is 0.164. The molecule has 0 unspecified atom stereocenters. The normalized spacial score (nSPS) is 23.1. The highest BCUT2D eigenvalue weighted by Gasteiger charge is 2.34. The average molecular weight is 425 g/mol. The molecule has 0 spiro atoms. The molecular formula is C18H24N4O4S2. The molecule has 1 aromatic carbocycles. The van der Waals surface area contributed by atoms with Crippen LogP contribution in [-0.4, -0.2) is 62.1 Å².